The summed E-state index contributed by atoms with van der Waals surface area (Å²) in [6, 6.07) is 20.8. The Morgan fingerprint density at radius 2 is 1.48 bits per heavy atom. The molecule has 0 saturated carbocycles. The zero-order valence-electron chi connectivity index (χ0n) is 18.0. The van der Waals surface area contributed by atoms with Crippen molar-refractivity contribution in [3.63, 3.8) is 0 Å². The van der Waals surface area contributed by atoms with Gasteiger partial charge in [-0.3, -0.25) is 4.79 Å². The SMILES string of the molecule is COc1ccc(C(=O)CC(NC(=O)OCC2c3ccccc3-c3ccccc32)C(=O)O)cc1. The Kier molecular flexibility index (Phi) is 6.40. The normalized spacial score (nSPS) is 12.9. The van der Waals surface area contributed by atoms with E-state index < -0.39 is 30.3 Å². The van der Waals surface area contributed by atoms with E-state index in [1.165, 1.54) is 7.11 Å². The van der Waals surface area contributed by atoms with Crippen molar-refractivity contribution in [1.82, 2.24) is 5.32 Å². The summed E-state index contributed by atoms with van der Waals surface area (Å²) in [5.74, 6) is -1.29. The Morgan fingerprint density at radius 1 is 0.909 bits per heavy atom. The number of amides is 1. The minimum Gasteiger partial charge on any atom is -0.497 e. The maximum Gasteiger partial charge on any atom is 0.407 e. The van der Waals surface area contributed by atoms with Gasteiger partial charge in [-0.05, 0) is 46.5 Å². The van der Waals surface area contributed by atoms with E-state index in [1.807, 2.05) is 48.5 Å². The second-order valence-electron chi connectivity index (χ2n) is 7.72. The van der Waals surface area contributed by atoms with Crippen LogP contribution in [0, 0.1) is 0 Å². The Morgan fingerprint density at radius 3 is 2.03 bits per heavy atom. The first-order valence-corrected chi connectivity index (χ1v) is 10.5. The molecule has 3 aromatic carbocycles. The number of carboxylic acids is 1. The molecule has 33 heavy (non-hydrogen) atoms. The third-order valence-electron chi connectivity index (χ3n) is 5.74. The average Bonchev–Trinajstić information content (AvgIpc) is 3.16. The highest BCUT2D eigenvalue weighted by Gasteiger charge is 2.30. The van der Waals surface area contributed by atoms with Gasteiger partial charge in [0.25, 0.3) is 0 Å². The molecule has 0 spiro atoms. The third-order valence-corrected chi connectivity index (χ3v) is 5.74. The standard InChI is InChI=1S/C26H23NO6/c1-32-17-12-10-16(11-13-17)24(28)14-23(25(29)30)27-26(31)33-15-22-20-8-4-2-6-18(20)19-7-3-5-9-21(19)22/h2-13,22-23H,14-15H2,1H3,(H,27,31)(H,29,30). The fourth-order valence-electron chi connectivity index (χ4n) is 4.06. The molecular formula is C26H23NO6. The second kappa shape index (κ2) is 9.56. The molecule has 1 atom stereocenters. The predicted octanol–water partition coefficient (Wildman–Crippen LogP) is 4.26. The van der Waals surface area contributed by atoms with Gasteiger partial charge in [-0.2, -0.15) is 0 Å². The molecule has 7 nitrogen and oxygen atoms in total. The first-order chi connectivity index (χ1) is 16.0. The van der Waals surface area contributed by atoms with Crippen LogP contribution in [0.15, 0.2) is 72.8 Å². The smallest absolute Gasteiger partial charge is 0.407 e. The number of carbonyl (C=O) groups excluding carboxylic acids is 2. The molecule has 0 saturated heterocycles. The van der Waals surface area contributed by atoms with Gasteiger partial charge < -0.3 is 19.9 Å². The first-order valence-electron chi connectivity index (χ1n) is 10.5. The van der Waals surface area contributed by atoms with Crippen molar-refractivity contribution in [2.24, 2.45) is 0 Å². The molecule has 1 aliphatic carbocycles. The van der Waals surface area contributed by atoms with Crippen molar-refractivity contribution in [3.05, 3.63) is 89.5 Å². The number of nitrogens with one attached hydrogen (secondary N) is 1. The molecule has 1 aliphatic rings. The van der Waals surface area contributed by atoms with Gasteiger partial charge in [-0.25, -0.2) is 9.59 Å². The number of carboxylic acid groups (broad SMARTS) is 1. The van der Waals surface area contributed by atoms with Gasteiger partial charge in [0.05, 0.1) is 7.11 Å². The van der Waals surface area contributed by atoms with Crippen LogP contribution in [0.3, 0.4) is 0 Å². The Balaban J connectivity index is 1.40. The highest BCUT2D eigenvalue weighted by molar-refractivity contribution is 5.99. The van der Waals surface area contributed by atoms with Crippen LogP contribution in [0.5, 0.6) is 5.75 Å². The number of carbonyl (C=O) groups is 3. The quantitative estimate of drug-likeness (QED) is 0.503. The van der Waals surface area contributed by atoms with Crippen molar-refractivity contribution in [2.75, 3.05) is 13.7 Å². The molecule has 0 bridgehead atoms. The molecule has 0 radical (unpaired) electrons. The number of alkyl carbamates (subject to hydrolysis) is 1. The van der Waals surface area contributed by atoms with Gasteiger partial charge in [-0.15, -0.1) is 0 Å². The van der Waals surface area contributed by atoms with E-state index in [9.17, 15) is 19.5 Å². The molecule has 0 heterocycles. The third kappa shape index (κ3) is 4.72. The number of hydrogen-bond acceptors (Lipinski definition) is 5. The number of aliphatic carboxylic acids is 1. The van der Waals surface area contributed by atoms with E-state index in [4.69, 9.17) is 9.47 Å². The van der Waals surface area contributed by atoms with Crippen LogP contribution in [0.4, 0.5) is 4.79 Å². The van der Waals surface area contributed by atoms with Crippen LogP contribution >= 0.6 is 0 Å². The van der Waals surface area contributed by atoms with Gasteiger partial charge in [-0.1, -0.05) is 48.5 Å². The fourth-order valence-corrected chi connectivity index (χ4v) is 4.06. The topological polar surface area (TPSA) is 102 Å². The lowest BCUT2D eigenvalue weighted by atomic mass is 9.98. The van der Waals surface area contributed by atoms with Crippen molar-refractivity contribution in [1.29, 1.82) is 0 Å². The number of ketones is 1. The number of ether oxygens (including phenoxy) is 2. The zero-order valence-corrected chi connectivity index (χ0v) is 18.0. The molecule has 7 heteroatoms. The van der Waals surface area contributed by atoms with E-state index in [1.54, 1.807) is 24.3 Å². The van der Waals surface area contributed by atoms with Gasteiger partial charge in [0.2, 0.25) is 0 Å². The summed E-state index contributed by atoms with van der Waals surface area (Å²) >= 11 is 0. The monoisotopic (exact) mass is 445 g/mol. The molecule has 2 N–H and O–H groups in total. The van der Waals surface area contributed by atoms with E-state index in [0.29, 0.717) is 11.3 Å². The molecule has 1 amide bonds. The number of rotatable bonds is 8. The largest absolute Gasteiger partial charge is 0.497 e. The Hall–Kier alpha value is -4.13. The lowest BCUT2D eigenvalue weighted by Crippen LogP contribution is -2.42. The highest BCUT2D eigenvalue weighted by Crippen LogP contribution is 2.44. The van der Waals surface area contributed by atoms with Crippen molar-refractivity contribution < 1.29 is 29.0 Å². The summed E-state index contributed by atoms with van der Waals surface area (Å²) < 4.78 is 10.5. The van der Waals surface area contributed by atoms with Crippen LogP contribution in [0.25, 0.3) is 11.1 Å². The first kappa shape index (κ1) is 22.1. The fraction of sp³-hybridized carbons (Fsp3) is 0.192. The van der Waals surface area contributed by atoms with Gasteiger partial charge in [0.15, 0.2) is 5.78 Å². The van der Waals surface area contributed by atoms with E-state index in [0.717, 1.165) is 22.3 Å². The van der Waals surface area contributed by atoms with E-state index in [-0.39, 0.29) is 12.5 Å². The highest BCUT2D eigenvalue weighted by atomic mass is 16.5. The zero-order chi connectivity index (χ0) is 23.4. The summed E-state index contributed by atoms with van der Waals surface area (Å²) in [6.07, 6.45) is -1.28. The Bertz CT molecular complexity index is 1140. The summed E-state index contributed by atoms with van der Waals surface area (Å²) in [4.78, 5) is 36.5. The van der Waals surface area contributed by atoms with Crippen molar-refractivity contribution >= 4 is 17.8 Å². The second-order valence-corrected chi connectivity index (χ2v) is 7.72. The van der Waals surface area contributed by atoms with Crippen LogP contribution in [-0.4, -0.2) is 42.7 Å². The Labute approximate surface area is 191 Å². The number of fused-ring (bicyclic) bond motifs is 3. The number of methoxy groups -OCH3 is 1. The molecule has 0 aliphatic heterocycles. The molecule has 4 rings (SSSR count). The lowest BCUT2D eigenvalue weighted by Gasteiger charge is -2.17. The number of benzene rings is 3. The summed E-state index contributed by atoms with van der Waals surface area (Å²) in [5.41, 5.74) is 4.62. The van der Waals surface area contributed by atoms with Crippen LogP contribution in [-0.2, 0) is 9.53 Å². The predicted molar refractivity (Wildman–Crippen MR) is 122 cm³/mol. The minimum atomic E-state index is -1.41. The average molecular weight is 445 g/mol. The molecule has 3 aromatic rings. The maximum absolute atomic E-state index is 12.5. The van der Waals surface area contributed by atoms with Gasteiger partial charge >= 0.3 is 12.1 Å². The van der Waals surface area contributed by atoms with E-state index in [2.05, 4.69) is 5.32 Å². The van der Waals surface area contributed by atoms with Crippen LogP contribution in [0.1, 0.15) is 33.8 Å². The molecular weight excluding hydrogens is 422 g/mol. The summed E-state index contributed by atoms with van der Waals surface area (Å²) in [6.45, 7) is 0.0542. The summed E-state index contributed by atoms with van der Waals surface area (Å²) in [5, 5.41) is 11.8. The summed E-state index contributed by atoms with van der Waals surface area (Å²) in [7, 11) is 1.51. The molecule has 168 valence electrons. The number of Topliss-reactive ketones (excluding diaryl/α,β-unsaturated/α-hetero) is 1. The van der Waals surface area contributed by atoms with E-state index >= 15 is 0 Å². The maximum atomic E-state index is 12.5. The van der Waals surface area contributed by atoms with Crippen molar-refractivity contribution in [2.45, 2.75) is 18.4 Å². The van der Waals surface area contributed by atoms with Crippen molar-refractivity contribution in [3.8, 4) is 16.9 Å². The minimum absolute atomic E-state index is 0.0542. The van der Waals surface area contributed by atoms with Crippen LogP contribution < -0.4 is 10.1 Å². The molecule has 0 fully saturated rings. The van der Waals surface area contributed by atoms with Gasteiger partial charge in [0, 0.05) is 17.9 Å². The van der Waals surface area contributed by atoms with Crippen LogP contribution in [0.2, 0.25) is 0 Å². The number of hydrogen-bond donors (Lipinski definition) is 2. The van der Waals surface area contributed by atoms with Gasteiger partial charge in [0.1, 0.15) is 18.4 Å². The lowest BCUT2D eigenvalue weighted by molar-refractivity contribution is -0.139. The molecule has 1 unspecified atom stereocenters. The molecule has 0 aromatic heterocycles.